The van der Waals surface area contributed by atoms with Gasteiger partial charge in [-0.25, -0.2) is 0 Å². The topological polar surface area (TPSA) is 63.6 Å². The van der Waals surface area contributed by atoms with Crippen molar-refractivity contribution in [1.82, 2.24) is 0 Å². The predicted octanol–water partition coefficient (Wildman–Crippen LogP) is 2.04. The summed E-state index contributed by atoms with van der Waals surface area (Å²) in [6.45, 7) is 1.71. The van der Waals surface area contributed by atoms with E-state index < -0.39 is 15.4 Å². The minimum atomic E-state index is -4.10. The SMILES string of the molecule is CC=COCC(Cc1ccccc1)S(=O)(=O)O. The van der Waals surface area contributed by atoms with Crippen molar-refractivity contribution >= 4 is 10.1 Å². The molecule has 1 aromatic rings. The zero-order valence-electron chi connectivity index (χ0n) is 9.61. The van der Waals surface area contributed by atoms with Crippen molar-refractivity contribution in [1.29, 1.82) is 0 Å². The van der Waals surface area contributed by atoms with Gasteiger partial charge in [0.2, 0.25) is 0 Å². The van der Waals surface area contributed by atoms with Crippen molar-refractivity contribution < 1.29 is 17.7 Å². The maximum Gasteiger partial charge on any atom is 0.271 e. The third-order valence-electron chi connectivity index (χ3n) is 2.24. The van der Waals surface area contributed by atoms with Crippen molar-refractivity contribution in [3.63, 3.8) is 0 Å². The molecular formula is C12H16O4S. The minimum Gasteiger partial charge on any atom is -0.500 e. The molecule has 4 nitrogen and oxygen atoms in total. The van der Waals surface area contributed by atoms with Crippen LogP contribution >= 0.6 is 0 Å². The largest absolute Gasteiger partial charge is 0.500 e. The lowest BCUT2D eigenvalue weighted by Crippen LogP contribution is -2.27. The van der Waals surface area contributed by atoms with Gasteiger partial charge in [-0.05, 0) is 18.9 Å². The van der Waals surface area contributed by atoms with Crippen LogP contribution in [0.15, 0.2) is 42.7 Å². The van der Waals surface area contributed by atoms with Crippen LogP contribution in [0.4, 0.5) is 0 Å². The van der Waals surface area contributed by atoms with Crippen molar-refractivity contribution in [3.05, 3.63) is 48.2 Å². The first kappa shape index (κ1) is 13.7. The fourth-order valence-electron chi connectivity index (χ4n) is 1.39. The van der Waals surface area contributed by atoms with Gasteiger partial charge in [0.15, 0.2) is 0 Å². The van der Waals surface area contributed by atoms with Crippen LogP contribution in [0.3, 0.4) is 0 Å². The van der Waals surface area contributed by atoms with Crippen molar-refractivity contribution in [2.75, 3.05) is 6.61 Å². The highest BCUT2D eigenvalue weighted by atomic mass is 32.2. The van der Waals surface area contributed by atoms with Gasteiger partial charge in [-0.3, -0.25) is 4.55 Å². The van der Waals surface area contributed by atoms with Gasteiger partial charge in [-0.2, -0.15) is 8.42 Å². The van der Waals surface area contributed by atoms with E-state index in [0.29, 0.717) is 0 Å². The first-order chi connectivity index (χ1) is 8.04. The normalized spacial score (nSPS) is 13.8. The molecule has 0 aliphatic heterocycles. The molecule has 0 saturated heterocycles. The average Bonchev–Trinajstić information content (AvgIpc) is 2.28. The molecule has 0 saturated carbocycles. The van der Waals surface area contributed by atoms with Crippen LogP contribution < -0.4 is 0 Å². The monoisotopic (exact) mass is 256 g/mol. The Morgan fingerprint density at radius 2 is 2.00 bits per heavy atom. The maximum absolute atomic E-state index is 11.2. The number of benzene rings is 1. The molecule has 0 fully saturated rings. The Labute approximate surface area is 102 Å². The van der Waals surface area contributed by atoms with E-state index in [2.05, 4.69) is 0 Å². The van der Waals surface area contributed by atoms with Crippen molar-refractivity contribution in [2.45, 2.75) is 18.6 Å². The van der Waals surface area contributed by atoms with Crippen LogP contribution in [-0.2, 0) is 21.3 Å². The second-order valence-corrected chi connectivity index (χ2v) is 5.33. The molecule has 0 aliphatic rings. The molecular weight excluding hydrogens is 240 g/mol. The van der Waals surface area contributed by atoms with Crippen LogP contribution in [-0.4, -0.2) is 24.8 Å². The second-order valence-electron chi connectivity index (χ2n) is 3.63. The van der Waals surface area contributed by atoms with E-state index in [9.17, 15) is 8.42 Å². The van der Waals surface area contributed by atoms with Gasteiger partial charge in [-0.15, -0.1) is 0 Å². The number of hydrogen-bond acceptors (Lipinski definition) is 3. The number of hydrogen-bond donors (Lipinski definition) is 1. The first-order valence-corrected chi connectivity index (χ1v) is 6.77. The smallest absolute Gasteiger partial charge is 0.271 e. The number of allylic oxidation sites excluding steroid dienone is 1. The Morgan fingerprint density at radius 3 is 2.53 bits per heavy atom. The molecule has 1 unspecified atom stereocenters. The Morgan fingerprint density at radius 1 is 1.35 bits per heavy atom. The molecule has 0 heterocycles. The van der Waals surface area contributed by atoms with E-state index in [1.807, 2.05) is 30.3 Å². The number of rotatable bonds is 6. The molecule has 94 valence electrons. The molecule has 0 aromatic heterocycles. The van der Waals surface area contributed by atoms with Crippen molar-refractivity contribution in [3.8, 4) is 0 Å². The van der Waals surface area contributed by atoms with E-state index in [1.165, 1.54) is 6.26 Å². The summed E-state index contributed by atoms with van der Waals surface area (Å²) in [5.41, 5.74) is 0.846. The zero-order chi connectivity index (χ0) is 12.7. The summed E-state index contributed by atoms with van der Waals surface area (Å²) in [6, 6.07) is 9.12. The van der Waals surface area contributed by atoms with E-state index in [1.54, 1.807) is 13.0 Å². The fourth-order valence-corrected chi connectivity index (χ4v) is 2.04. The lowest BCUT2D eigenvalue weighted by molar-refractivity contribution is 0.241. The average molecular weight is 256 g/mol. The van der Waals surface area contributed by atoms with E-state index in [0.717, 1.165) is 5.56 Å². The number of ether oxygens (including phenoxy) is 1. The van der Waals surface area contributed by atoms with Gasteiger partial charge in [0.1, 0.15) is 11.9 Å². The van der Waals surface area contributed by atoms with Gasteiger partial charge >= 0.3 is 0 Å². The Kier molecular flexibility index (Phi) is 5.18. The highest BCUT2D eigenvalue weighted by Gasteiger charge is 2.23. The highest BCUT2D eigenvalue weighted by molar-refractivity contribution is 7.86. The summed E-state index contributed by atoms with van der Waals surface area (Å²) in [4.78, 5) is 0. The highest BCUT2D eigenvalue weighted by Crippen LogP contribution is 2.10. The quantitative estimate of drug-likeness (QED) is 0.625. The molecule has 0 aliphatic carbocycles. The van der Waals surface area contributed by atoms with Gasteiger partial charge in [-0.1, -0.05) is 36.4 Å². The maximum atomic E-state index is 11.2. The van der Waals surface area contributed by atoms with Crippen LogP contribution in [0, 0.1) is 0 Å². The predicted molar refractivity (Wildman–Crippen MR) is 66.2 cm³/mol. The molecule has 1 aromatic carbocycles. The Balaban J connectivity index is 2.71. The Hall–Kier alpha value is -1.33. The van der Waals surface area contributed by atoms with Gasteiger partial charge < -0.3 is 4.74 Å². The molecule has 0 spiro atoms. The molecule has 0 bridgehead atoms. The summed E-state index contributed by atoms with van der Waals surface area (Å²) in [5, 5.41) is -0.943. The molecule has 1 atom stereocenters. The Bertz CT molecular complexity index is 451. The molecule has 0 amide bonds. The summed E-state index contributed by atoms with van der Waals surface area (Å²) in [6.07, 6.45) is 3.30. The van der Waals surface area contributed by atoms with Crippen LogP contribution in [0.25, 0.3) is 0 Å². The fraction of sp³-hybridized carbons (Fsp3) is 0.333. The van der Waals surface area contributed by atoms with Gasteiger partial charge in [0, 0.05) is 0 Å². The van der Waals surface area contributed by atoms with Crippen LogP contribution in [0.2, 0.25) is 0 Å². The van der Waals surface area contributed by atoms with Gasteiger partial charge in [0.25, 0.3) is 10.1 Å². The lowest BCUT2D eigenvalue weighted by atomic mass is 10.1. The second kappa shape index (κ2) is 6.42. The molecule has 5 heteroatoms. The third kappa shape index (κ3) is 5.01. The summed E-state index contributed by atoms with van der Waals surface area (Å²) in [7, 11) is -4.10. The van der Waals surface area contributed by atoms with Gasteiger partial charge in [0.05, 0.1) is 6.26 Å². The third-order valence-corrected chi connectivity index (χ3v) is 3.39. The standard InChI is InChI=1S/C12H16O4S/c1-2-8-16-10-12(17(13,14)15)9-11-6-4-3-5-7-11/h2-8,12H,9-10H2,1H3,(H,13,14,15). The molecule has 17 heavy (non-hydrogen) atoms. The van der Waals surface area contributed by atoms with Crippen LogP contribution in [0.5, 0.6) is 0 Å². The summed E-state index contributed by atoms with van der Waals surface area (Å²) in [5.74, 6) is 0. The first-order valence-electron chi connectivity index (χ1n) is 5.27. The van der Waals surface area contributed by atoms with E-state index in [4.69, 9.17) is 9.29 Å². The summed E-state index contributed by atoms with van der Waals surface area (Å²) >= 11 is 0. The zero-order valence-corrected chi connectivity index (χ0v) is 10.4. The molecule has 1 rings (SSSR count). The van der Waals surface area contributed by atoms with Crippen LogP contribution in [0.1, 0.15) is 12.5 Å². The summed E-state index contributed by atoms with van der Waals surface area (Å²) < 4.78 is 36.5. The van der Waals surface area contributed by atoms with E-state index >= 15 is 0 Å². The lowest BCUT2D eigenvalue weighted by Gasteiger charge is -2.13. The molecule has 0 radical (unpaired) electrons. The van der Waals surface area contributed by atoms with Crippen molar-refractivity contribution in [2.24, 2.45) is 0 Å². The molecule has 1 N–H and O–H groups in total. The minimum absolute atomic E-state index is 0.0575. The van der Waals surface area contributed by atoms with E-state index in [-0.39, 0.29) is 13.0 Å².